The highest BCUT2D eigenvalue weighted by Gasteiger charge is 2.51. The van der Waals surface area contributed by atoms with E-state index in [1.54, 1.807) is 0 Å². The van der Waals surface area contributed by atoms with Crippen molar-refractivity contribution in [3.63, 3.8) is 0 Å². The monoisotopic (exact) mass is 938 g/mol. The molecule has 13 nitrogen and oxygen atoms in total. The fraction of sp³-hybridized carbons (Fsp3) is 0.980. The van der Waals surface area contributed by atoms with Crippen molar-refractivity contribution in [1.82, 2.24) is 5.32 Å². The molecule has 0 aromatic carbocycles. The molecule has 8 atom stereocenters. The number of hydrogen-bond acceptors (Lipinski definition) is 11. The number of rotatable bonds is 45. The first-order valence-corrected chi connectivity index (χ1v) is 28.1. The van der Waals surface area contributed by atoms with Crippen LogP contribution < -0.4 is 5.32 Å². The van der Waals surface area contributed by atoms with Crippen molar-refractivity contribution < 1.29 is 59.0 Å². The molecule has 0 saturated heterocycles. The van der Waals surface area contributed by atoms with E-state index in [1.807, 2.05) is 0 Å². The average molecular weight is 938 g/mol. The highest BCUT2D eigenvalue weighted by atomic mass is 31.2. The summed E-state index contributed by atoms with van der Waals surface area (Å²) in [5.74, 6) is -0.554. The molecule has 0 radical (unpaired) electrons. The number of carbonyl (C=O) groups excluding carboxylic acids is 1. The van der Waals surface area contributed by atoms with Crippen LogP contribution in [0.2, 0.25) is 0 Å². The van der Waals surface area contributed by atoms with Gasteiger partial charge in [-0.1, -0.05) is 232 Å². The molecule has 1 saturated carbocycles. The van der Waals surface area contributed by atoms with Gasteiger partial charge in [0.25, 0.3) is 0 Å². The highest BCUT2D eigenvalue weighted by molar-refractivity contribution is 7.47. The summed E-state index contributed by atoms with van der Waals surface area (Å²) >= 11 is 0. The summed E-state index contributed by atoms with van der Waals surface area (Å²) < 4.78 is 23.0. The van der Waals surface area contributed by atoms with Crippen LogP contribution in [0.1, 0.15) is 251 Å². The van der Waals surface area contributed by atoms with Gasteiger partial charge in [0.2, 0.25) is 5.91 Å². The van der Waals surface area contributed by atoms with E-state index in [2.05, 4.69) is 19.2 Å². The Morgan fingerprint density at radius 2 is 0.781 bits per heavy atom. The van der Waals surface area contributed by atoms with Crippen molar-refractivity contribution in [2.24, 2.45) is 0 Å². The molecule has 0 aromatic rings. The SMILES string of the molecule is CCCCCCCCCCCCCCCCCCCCCC(O)C(COP(=O)(O)OC1C(O)C(O)C(O)C(O)C1O)NC(=O)CC(O)CCCCCCCCCCCCCCCCC. The number of carbonyl (C=O) groups is 1. The molecule has 1 aliphatic rings. The predicted molar refractivity (Wildman–Crippen MR) is 257 cm³/mol. The predicted octanol–water partition coefficient (Wildman–Crippen LogP) is 9.99. The summed E-state index contributed by atoms with van der Waals surface area (Å²) in [6.07, 6.45) is 28.5. The van der Waals surface area contributed by atoms with E-state index < -0.39 is 75.2 Å². The molecule has 0 heterocycles. The lowest BCUT2D eigenvalue weighted by atomic mass is 9.85. The number of phosphoric ester groups is 1. The second kappa shape index (κ2) is 40.2. The Labute approximate surface area is 389 Å². The molecular formula is C50H100NO12P. The zero-order valence-corrected chi connectivity index (χ0v) is 41.6. The Morgan fingerprint density at radius 1 is 0.484 bits per heavy atom. The van der Waals surface area contributed by atoms with E-state index in [4.69, 9.17) is 9.05 Å². The molecule has 0 aromatic heterocycles. The lowest BCUT2D eigenvalue weighted by Crippen LogP contribution is -2.64. The lowest BCUT2D eigenvalue weighted by molar-refractivity contribution is -0.220. The second-order valence-electron chi connectivity index (χ2n) is 19.3. The van der Waals surface area contributed by atoms with Gasteiger partial charge in [0.15, 0.2) is 0 Å². The van der Waals surface area contributed by atoms with Crippen LogP contribution >= 0.6 is 7.82 Å². The number of unbranched alkanes of at least 4 members (excludes halogenated alkanes) is 32. The van der Waals surface area contributed by atoms with Crippen LogP contribution in [0.5, 0.6) is 0 Å². The summed E-state index contributed by atoms with van der Waals surface area (Å²) in [5, 5.41) is 74.9. The maximum absolute atomic E-state index is 13.1. The van der Waals surface area contributed by atoms with E-state index in [9.17, 15) is 50.0 Å². The van der Waals surface area contributed by atoms with Crippen molar-refractivity contribution in [3.05, 3.63) is 0 Å². The zero-order valence-electron chi connectivity index (χ0n) is 40.7. The van der Waals surface area contributed by atoms with Crippen LogP contribution in [0.4, 0.5) is 0 Å². The number of aliphatic hydroxyl groups is 7. The molecule has 0 spiro atoms. The van der Waals surface area contributed by atoms with Gasteiger partial charge in [-0.05, 0) is 12.8 Å². The van der Waals surface area contributed by atoms with E-state index in [-0.39, 0.29) is 12.8 Å². The van der Waals surface area contributed by atoms with Gasteiger partial charge in [-0.15, -0.1) is 0 Å². The van der Waals surface area contributed by atoms with E-state index in [0.717, 1.165) is 51.4 Å². The topological polar surface area (TPSA) is 226 Å². The Hall–Kier alpha value is -0.700. The van der Waals surface area contributed by atoms with Crippen LogP contribution in [0, 0.1) is 0 Å². The van der Waals surface area contributed by atoms with Gasteiger partial charge in [0.05, 0.1) is 31.3 Å². The van der Waals surface area contributed by atoms with Crippen molar-refractivity contribution in [2.45, 2.75) is 306 Å². The third-order valence-corrected chi connectivity index (χ3v) is 14.2. The minimum Gasteiger partial charge on any atom is -0.393 e. The average Bonchev–Trinajstić information content (AvgIpc) is 3.27. The van der Waals surface area contributed by atoms with Crippen LogP contribution in [0.3, 0.4) is 0 Å². The molecular weight excluding hydrogens is 838 g/mol. The van der Waals surface area contributed by atoms with Crippen LogP contribution in [-0.4, -0.2) is 108 Å². The van der Waals surface area contributed by atoms with Gasteiger partial charge in [0, 0.05) is 0 Å². The standard InChI is InChI=1S/C50H100NO12P/c1-3-5-7-9-11-13-15-17-19-20-21-22-24-26-28-30-32-34-36-38-43(53)42(40-62-64(60,61)63-50-48(58)46(56)45(55)47(57)49(50)59)51-44(54)39-41(52)37-35-33-31-29-27-25-23-18-16-14-12-10-8-6-4-2/h41-43,45-50,52-53,55-59H,3-40H2,1-2H3,(H,51,54)(H,60,61). The molecule has 1 amide bonds. The summed E-state index contributed by atoms with van der Waals surface area (Å²) in [7, 11) is -5.12. The molecule has 0 bridgehead atoms. The summed E-state index contributed by atoms with van der Waals surface area (Å²) in [6, 6.07) is -1.15. The number of nitrogens with one attached hydrogen (secondary N) is 1. The number of phosphoric acid groups is 1. The second-order valence-corrected chi connectivity index (χ2v) is 20.7. The Kier molecular flexibility index (Phi) is 38.5. The number of aliphatic hydroxyl groups excluding tert-OH is 7. The van der Waals surface area contributed by atoms with E-state index in [0.29, 0.717) is 12.8 Å². The normalized spacial score (nSPS) is 22.6. The molecule has 1 rings (SSSR count). The maximum Gasteiger partial charge on any atom is 0.472 e. The van der Waals surface area contributed by atoms with E-state index >= 15 is 0 Å². The van der Waals surface area contributed by atoms with Gasteiger partial charge < -0.3 is 46.0 Å². The minimum atomic E-state index is -5.12. The van der Waals surface area contributed by atoms with Gasteiger partial charge in [-0.3, -0.25) is 13.8 Å². The summed E-state index contributed by atoms with van der Waals surface area (Å²) in [4.78, 5) is 23.6. The van der Waals surface area contributed by atoms with Crippen LogP contribution in [-0.2, 0) is 18.4 Å². The summed E-state index contributed by atoms with van der Waals surface area (Å²) in [5.41, 5.74) is 0. The Morgan fingerprint density at radius 3 is 1.12 bits per heavy atom. The quantitative estimate of drug-likeness (QED) is 0.0205. The maximum atomic E-state index is 13.1. The van der Waals surface area contributed by atoms with Crippen LogP contribution in [0.15, 0.2) is 0 Å². The van der Waals surface area contributed by atoms with Crippen LogP contribution in [0.25, 0.3) is 0 Å². The molecule has 14 heteroatoms. The first-order valence-electron chi connectivity index (χ1n) is 26.6. The molecule has 64 heavy (non-hydrogen) atoms. The van der Waals surface area contributed by atoms with Crippen molar-refractivity contribution in [1.29, 1.82) is 0 Å². The van der Waals surface area contributed by atoms with Gasteiger partial charge in [-0.2, -0.15) is 0 Å². The van der Waals surface area contributed by atoms with Crippen molar-refractivity contribution in [2.75, 3.05) is 6.61 Å². The van der Waals surface area contributed by atoms with Gasteiger partial charge in [0.1, 0.15) is 36.6 Å². The molecule has 1 fully saturated rings. The third kappa shape index (κ3) is 31.4. The zero-order chi connectivity index (χ0) is 47.3. The van der Waals surface area contributed by atoms with Gasteiger partial charge >= 0.3 is 7.82 Å². The molecule has 1 aliphatic carbocycles. The Balaban J connectivity index is 2.44. The van der Waals surface area contributed by atoms with Gasteiger partial charge in [-0.25, -0.2) is 4.57 Å². The summed E-state index contributed by atoms with van der Waals surface area (Å²) in [6.45, 7) is 3.83. The minimum absolute atomic E-state index is 0.215. The third-order valence-electron chi connectivity index (χ3n) is 13.2. The molecule has 8 unspecified atom stereocenters. The van der Waals surface area contributed by atoms with Crippen molar-refractivity contribution >= 4 is 13.7 Å². The Bertz CT molecular complexity index is 1110. The number of amides is 1. The smallest absolute Gasteiger partial charge is 0.393 e. The largest absolute Gasteiger partial charge is 0.472 e. The van der Waals surface area contributed by atoms with E-state index in [1.165, 1.54) is 161 Å². The molecule has 9 N–H and O–H groups in total. The first kappa shape index (κ1) is 61.3. The highest BCUT2D eigenvalue weighted by Crippen LogP contribution is 2.47. The first-order chi connectivity index (χ1) is 30.8. The fourth-order valence-electron chi connectivity index (χ4n) is 8.90. The number of hydrogen-bond donors (Lipinski definition) is 9. The molecule has 382 valence electrons. The van der Waals surface area contributed by atoms with Crippen molar-refractivity contribution in [3.8, 4) is 0 Å². The lowest BCUT2D eigenvalue weighted by Gasteiger charge is -2.41. The molecule has 0 aliphatic heterocycles. The fourth-order valence-corrected chi connectivity index (χ4v) is 9.86.